The molecule has 0 heterocycles. The Morgan fingerprint density at radius 3 is 2.74 bits per heavy atom. The van der Waals surface area contributed by atoms with Crippen molar-refractivity contribution in [2.24, 2.45) is 0 Å². The number of carbonyl (C=O) groups is 1. The van der Waals surface area contributed by atoms with Crippen molar-refractivity contribution in [2.45, 2.75) is 50.0 Å². The van der Waals surface area contributed by atoms with Crippen LogP contribution in [0.15, 0.2) is 34.7 Å². The molecule has 1 aliphatic rings. The maximum atomic E-state index is 12.8. The quantitative estimate of drug-likeness (QED) is 0.525. The Bertz CT molecular complexity index is 789. The van der Waals surface area contributed by atoms with Crippen LogP contribution >= 0.6 is 0 Å². The Morgan fingerprint density at radius 2 is 2.11 bits per heavy atom. The van der Waals surface area contributed by atoms with Gasteiger partial charge in [-0.15, -0.1) is 0 Å². The summed E-state index contributed by atoms with van der Waals surface area (Å²) in [5, 5.41) is 12.4. The Morgan fingerprint density at radius 1 is 1.33 bits per heavy atom. The highest BCUT2D eigenvalue weighted by Gasteiger charge is 2.23. The van der Waals surface area contributed by atoms with Gasteiger partial charge in [0.25, 0.3) is 0 Å². The number of nitrogens with one attached hydrogen (secondary N) is 2. The van der Waals surface area contributed by atoms with Crippen LogP contribution in [0.3, 0.4) is 0 Å². The lowest BCUT2D eigenvalue weighted by Gasteiger charge is -2.18. The van der Waals surface area contributed by atoms with Crippen molar-refractivity contribution in [2.75, 3.05) is 25.6 Å². The van der Waals surface area contributed by atoms with Crippen LogP contribution in [0.4, 0.5) is 5.69 Å². The van der Waals surface area contributed by atoms with Gasteiger partial charge in [-0.05, 0) is 57.2 Å². The Kier molecular flexibility index (Phi) is 7.82. The van der Waals surface area contributed by atoms with Crippen LogP contribution < -0.4 is 10.0 Å². The van der Waals surface area contributed by atoms with Crippen molar-refractivity contribution in [3.8, 4) is 0 Å². The second-order valence-corrected chi connectivity index (χ2v) is 8.46. The standard InChI is InChI=1S/C19H28N2O5S/c1-14(13-26-2)21-27(24,25)18-12-16(19(22)23)8-9-17(18)20-11-10-15-6-4-3-5-7-15/h6,8-9,12,14,20-21H,3-5,7,10-11,13H2,1-2H3,(H,22,23)/t14-/m0/s1. The molecule has 3 N–H and O–H groups in total. The van der Waals surface area contributed by atoms with Gasteiger partial charge in [-0.3, -0.25) is 0 Å². The zero-order valence-corrected chi connectivity index (χ0v) is 16.6. The summed E-state index contributed by atoms with van der Waals surface area (Å²) in [4.78, 5) is 11.2. The first kappa shape index (κ1) is 21.4. The topological polar surface area (TPSA) is 105 Å². The van der Waals surface area contributed by atoms with Crippen LogP contribution in [0.5, 0.6) is 0 Å². The van der Waals surface area contributed by atoms with E-state index in [0.717, 1.165) is 19.3 Å². The average Bonchev–Trinajstić information content (AvgIpc) is 2.62. The Balaban J connectivity index is 2.20. The van der Waals surface area contributed by atoms with E-state index in [0.29, 0.717) is 12.2 Å². The third-order valence-electron chi connectivity index (χ3n) is 4.44. The van der Waals surface area contributed by atoms with Crippen molar-refractivity contribution in [3.05, 3.63) is 35.4 Å². The molecule has 150 valence electrons. The maximum Gasteiger partial charge on any atom is 0.335 e. The van der Waals surface area contributed by atoms with Gasteiger partial charge in [-0.25, -0.2) is 17.9 Å². The number of methoxy groups -OCH3 is 1. The number of aromatic carboxylic acids is 1. The summed E-state index contributed by atoms with van der Waals surface area (Å²) in [6, 6.07) is 3.66. The molecule has 0 amide bonds. The van der Waals surface area contributed by atoms with Gasteiger partial charge >= 0.3 is 5.97 Å². The molecule has 1 aromatic carbocycles. The molecular formula is C19H28N2O5S. The fourth-order valence-corrected chi connectivity index (χ4v) is 4.56. The molecule has 8 heteroatoms. The van der Waals surface area contributed by atoms with Crippen LogP contribution in [0, 0.1) is 0 Å². The summed E-state index contributed by atoms with van der Waals surface area (Å²) in [5.41, 5.74) is 1.70. The number of benzene rings is 1. The number of anilines is 1. The smallest absolute Gasteiger partial charge is 0.335 e. The van der Waals surface area contributed by atoms with E-state index in [1.165, 1.54) is 43.7 Å². The summed E-state index contributed by atoms with van der Waals surface area (Å²) in [5.74, 6) is -1.17. The predicted octanol–water partition coefficient (Wildman–Crippen LogP) is 3.00. The number of allylic oxidation sites excluding steroid dienone is 1. The van der Waals surface area contributed by atoms with Crippen molar-refractivity contribution < 1.29 is 23.1 Å². The van der Waals surface area contributed by atoms with Gasteiger partial charge in [-0.2, -0.15) is 0 Å². The molecule has 7 nitrogen and oxygen atoms in total. The molecule has 1 aliphatic carbocycles. The number of rotatable bonds is 10. The van der Waals surface area contributed by atoms with Crippen molar-refractivity contribution in [1.82, 2.24) is 4.72 Å². The highest BCUT2D eigenvalue weighted by atomic mass is 32.2. The second-order valence-electron chi connectivity index (χ2n) is 6.78. The minimum Gasteiger partial charge on any atom is -0.478 e. The SMILES string of the molecule is COC[C@H](C)NS(=O)(=O)c1cc(C(=O)O)ccc1NCCC1=CCCCC1. The number of carboxylic acid groups (broad SMARTS) is 1. The first-order valence-electron chi connectivity index (χ1n) is 9.14. The molecule has 2 rings (SSSR count). The zero-order valence-electron chi connectivity index (χ0n) is 15.8. The molecule has 0 radical (unpaired) electrons. The van der Waals surface area contributed by atoms with Gasteiger partial charge in [0, 0.05) is 19.7 Å². The Labute approximate surface area is 160 Å². The van der Waals surface area contributed by atoms with Crippen LogP contribution in [0.1, 0.15) is 49.4 Å². The highest BCUT2D eigenvalue weighted by molar-refractivity contribution is 7.89. The fraction of sp³-hybridized carbons (Fsp3) is 0.526. The van der Waals surface area contributed by atoms with Gasteiger partial charge in [-0.1, -0.05) is 11.6 Å². The molecule has 0 saturated carbocycles. The number of carboxylic acids is 1. The van der Waals surface area contributed by atoms with Gasteiger partial charge < -0.3 is 15.2 Å². The summed E-state index contributed by atoms with van der Waals surface area (Å²) in [6.07, 6.45) is 7.70. The second kappa shape index (κ2) is 9.87. The van der Waals surface area contributed by atoms with Crippen LogP contribution in [-0.2, 0) is 14.8 Å². The van der Waals surface area contributed by atoms with E-state index < -0.39 is 22.0 Å². The van der Waals surface area contributed by atoms with E-state index in [9.17, 15) is 18.3 Å². The lowest BCUT2D eigenvalue weighted by atomic mass is 9.97. The third-order valence-corrected chi connectivity index (χ3v) is 6.07. The predicted molar refractivity (Wildman–Crippen MR) is 105 cm³/mol. The first-order valence-corrected chi connectivity index (χ1v) is 10.6. The third kappa shape index (κ3) is 6.34. The minimum absolute atomic E-state index is 0.0667. The molecule has 0 aromatic heterocycles. The fourth-order valence-electron chi connectivity index (χ4n) is 3.13. The van der Waals surface area contributed by atoms with Gasteiger partial charge in [0.2, 0.25) is 10.0 Å². The molecule has 1 aromatic rings. The first-order chi connectivity index (χ1) is 12.8. The Hall–Kier alpha value is -1.90. The monoisotopic (exact) mass is 396 g/mol. The van der Waals surface area contributed by atoms with E-state index >= 15 is 0 Å². The molecule has 0 fully saturated rings. The van der Waals surface area contributed by atoms with Crippen LogP contribution in [-0.4, -0.2) is 45.8 Å². The highest BCUT2D eigenvalue weighted by Crippen LogP contribution is 2.25. The minimum atomic E-state index is -3.89. The summed E-state index contributed by atoms with van der Waals surface area (Å²) >= 11 is 0. The van der Waals surface area contributed by atoms with Crippen molar-refractivity contribution >= 4 is 21.7 Å². The molecular weight excluding hydrogens is 368 g/mol. The summed E-state index contributed by atoms with van der Waals surface area (Å²) in [6.45, 7) is 2.49. The van der Waals surface area contributed by atoms with Gasteiger partial charge in [0.15, 0.2) is 0 Å². The number of sulfonamides is 1. The molecule has 0 aliphatic heterocycles. The van der Waals surface area contributed by atoms with E-state index in [2.05, 4.69) is 16.1 Å². The number of hydrogen-bond donors (Lipinski definition) is 3. The number of ether oxygens (including phenoxy) is 1. The van der Waals surface area contributed by atoms with Crippen molar-refractivity contribution in [1.29, 1.82) is 0 Å². The van der Waals surface area contributed by atoms with E-state index in [-0.39, 0.29) is 17.1 Å². The van der Waals surface area contributed by atoms with Gasteiger partial charge in [0.05, 0.1) is 17.9 Å². The molecule has 0 unspecified atom stereocenters. The van der Waals surface area contributed by atoms with E-state index in [1.54, 1.807) is 6.92 Å². The van der Waals surface area contributed by atoms with E-state index in [4.69, 9.17) is 4.74 Å². The maximum absolute atomic E-state index is 12.8. The average molecular weight is 397 g/mol. The lowest BCUT2D eigenvalue weighted by molar-refractivity contribution is 0.0696. The van der Waals surface area contributed by atoms with Crippen LogP contribution in [0.2, 0.25) is 0 Å². The molecule has 0 spiro atoms. The zero-order chi connectivity index (χ0) is 19.9. The summed E-state index contributed by atoms with van der Waals surface area (Å²) in [7, 11) is -2.41. The molecule has 1 atom stereocenters. The summed E-state index contributed by atoms with van der Waals surface area (Å²) < 4.78 is 33.0. The molecule has 27 heavy (non-hydrogen) atoms. The van der Waals surface area contributed by atoms with E-state index in [1.807, 2.05) is 0 Å². The number of hydrogen-bond acceptors (Lipinski definition) is 5. The van der Waals surface area contributed by atoms with Crippen LogP contribution in [0.25, 0.3) is 0 Å². The van der Waals surface area contributed by atoms with Crippen molar-refractivity contribution in [3.63, 3.8) is 0 Å². The lowest BCUT2D eigenvalue weighted by Crippen LogP contribution is -2.36. The molecule has 0 saturated heterocycles. The molecule has 0 bridgehead atoms. The van der Waals surface area contributed by atoms with Gasteiger partial charge in [0.1, 0.15) is 4.90 Å². The normalized spacial score (nSPS) is 15.9. The largest absolute Gasteiger partial charge is 0.478 e.